The van der Waals surface area contributed by atoms with Crippen molar-refractivity contribution in [1.82, 2.24) is 9.97 Å². The molecule has 0 spiro atoms. The second-order valence-electron chi connectivity index (χ2n) is 4.99. The van der Waals surface area contributed by atoms with Gasteiger partial charge in [0.05, 0.1) is 10.7 Å². The van der Waals surface area contributed by atoms with Gasteiger partial charge in [-0.15, -0.1) is 11.3 Å². The molecule has 0 fully saturated rings. The van der Waals surface area contributed by atoms with Crippen molar-refractivity contribution in [3.05, 3.63) is 40.5 Å². The number of ether oxygens (including phenoxy) is 1. The molecule has 4 nitrogen and oxygen atoms in total. The number of halogens is 1. The molecule has 2 aromatic heterocycles. The van der Waals surface area contributed by atoms with Gasteiger partial charge in [-0.05, 0) is 23.6 Å². The fourth-order valence-electron chi connectivity index (χ4n) is 2.68. The van der Waals surface area contributed by atoms with E-state index in [1.165, 1.54) is 0 Å². The highest BCUT2D eigenvalue weighted by Gasteiger charge is 2.25. The first kappa shape index (κ1) is 13.0. The number of nitrogens with zero attached hydrogens (tertiary/aromatic N) is 2. The summed E-state index contributed by atoms with van der Waals surface area (Å²) in [5, 5.41) is 3.68. The first-order valence-corrected chi connectivity index (χ1v) is 7.89. The molecule has 0 saturated heterocycles. The summed E-state index contributed by atoms with van der Waals surface area (Å²) >= 11 is 7.97. The number of aromatic nitrogens is 2. The summed E-state index contributed by atoms with van der Waals surface area (Å²) < 4.78 is 5.76. The quantitative estimate of drug-likeness (QED) is 0.788. The van der Waals surface area contributed by atoms with Crippen LogP contribution in [0, 0.1) is 0 Å². The molecule has 1 aromatic carbocycles. The van der Waals surface area contributed by atoms with Gasteiger partial charge in [-0.3, -0.25) is 0 Å². The molecular formula is C15H12ClN3OS. The van der Waals surface area contributed by atoms with E-state index in [0.717, 1.165) is 39.2 Å². The minimum absolute atomic E-state index is 0.0133. The van der Waals surface area contributed by atoms with Gasteiger partial charge in [0.25, 0.3) is 0 Å². The highest BCUT2D eigenvalue weighted by atomic mass is 35.5. The van der Waals surface area contributed by atoms with Crippen molar-refractivity contribution in [3.8, 4) is 17.0 Å². The van der Waals surface area contributed by atoms with E-state index >= 15 is 0 Å². The zero-order valence-electron chi connectivity index (χ0n) is 11.0. The first-order valence-electron chi connectivity index (χ1n) is 6.64. The van der Waals surface area contributed by atoms with Crippen LogP contribution >= 0.6 is 22.9 Å². The summed E-state index contributed by atoms with van der Waals surface area (Å²) in [6.45, 7) is 0.489. The first-order chi connectivity index (χ1) is 10.3. The Bertz CT molecular complexity index is 833. The molecule has 3 heterocycles. The number of rotatable bonds is 2. The minimum Gasteiger partial charge on any atom is -0.487 e. The SMILES string of the molecule is NC[C@H]1Cc2cc(-c3ncnc4sccc34)cc(Cl)c2O1. The third-order valence-corrected chi connectivity index (χ3v) is 4.75. The zero-order chi connectivity index (χ0) is 14.4. The summed E-state index contributed by atoms with van der Waals surface area (Å²) in [4.78, 5) is 9.69. The maximum Gasteiger partial charge on any atom is 0.141 e. The number of thiophene rings is 1. The van der Waals surface area contributed by atoms with Crippen LogP contribution < -0.4 is 10.5 Å². The van der Waals surface area contributed by atoms with Crippen molar-refractivity contribution in [2.45, 2.75) is 12.5 Å². The normalized spacial score (nSPS) is 17.0. The van der Waals surface area contributed by atoms with Gasteiger partial charge in [0.2, 0.25) is 0 Å². The van der Waals surface area contributed by atoms with E-state index in [2.05, 4.69) is 16.0 Å². The van der Waals surface area contributed by atoms with E-state index in [9.17, 15) is 0 Å². The molecule has 1 atom stereocenters. The van der Waals surface area contributed by atoms with Gasteiger partial charge in [0, 0.05) is 29.5 Å². The van der Waals surface area contributed by atoms with Gasteiger partial charge in [-0.2, -0.15) is 0 Å². The van der Waals surface area contributed by atoms with E-state index < -0.39 is 0 Å². The lowest BCUT2D eigenvalue weighted by Gasteiger charge is -2.08. The minimum atomic E-state index is 0.0133. The third-order valence-electron chi connectivity index (χ3n) is 3.65. The number of nitrogens with two attached hydrogens (primary N) is 1. The van der Waals surface area contributed by atoms with Crippen molar-refractivity contribution in [3.63, 3.8) is 0 Å². The Labute approximate surface area is 130 Å². The molecule has 0 unspecified atom stereocenters. The van der Waals surface area contributed by atoms with Crippen molar-refractivity contribution in [2.75, 3.05) is 6.54 Å². The molecule has 106 valence electrons. The summed E-state index contributed by atoms with van der Waals surface area (Å²) in [7, 11) is 0. The van der Waals surface area contributed by atoms with E-state index in [1.54, 1.807) is 17.7 Å². The average Bonchev–Trinajstić information content (AvgIpc) is 3.12. The van der Waals surface area contributed by atoms with E-state index in [0.29, 0.717) is 11.6 Å². The van der Waals surface area contributed by atoms with Crippen LogP contribution in [-0.4, -0.2) is 22.6 Å². The van der Waals surface area contributed by atoms with Crippen LogP contribution in [0.1, 0.15) is 5.56 Å². The summed E-state index contributed by atoms with van der Waals surface area (Å²) in [5.74, 6) is 0.756. The van der Waals surface area contributed by atoms with Crippen LogP contribution in [0.3, 0.4) is 0 Å². The largest absolute Gasteiger partial charge is 0.487 e. The molecule has 0 radical (unpaired) electrons. The van der Waals surface area contributed by atoms with Crippen LogP contribution in [0.25, 0.3) is 21.5 Å². The van der Waals surface area contributed by atoms with Crippen molar-refractivity contribution in [1.29, 1.82) is 0 Å². The Morgan fingerprint density at radius 1 is 1.38 bits per heavy atom. The monoisotopic (exact) mass is 317 g/mol. The third kappa shape index (κ3) is 2.09. The highest BCUT2D eigenvalue weighted by molar-refractivity contribution is 7.16. The molecular weight excluding hydrogens is 306 g/mol. The van der Waals surface area contributed by atoms with Gasteiger partial charge in [0.1, 0.15) is 23.0 Å². The van der Waals surface area contributed by atoms with Crippen LogP contribution in [0.2, 0.25) is 5.02 Å². The van der Waals surface area contributed by atoms with E-state index in [-0.39, 0.29) is 6.10 Å². The molecule has 21 heavy (non-hydrogen) atoms. The van der Waals surface area contributed by atoms with Crippen molar-refractivity contribution in [2.24, 2.45) is 5.73 Å². The van der Waals surface area contributed by atoms with Gasteiger partial charge in [0.15, 0.2) is 0 Å². The predicted octanol–water partition coefficient (Wildman–Crippen LogP) is 3.27. The Hall–Kier alpha value is -1.69. The lowest BCUT2D eigenvalue weighted by molar-refractivity contribution is 0.241. The molecule has 2 N–H and O–H groups in total. The van der Waals surface area contributed by atoms with Crippen LogP contribution in [0.4, 0.5) is 0 Å². The summed E-state index contributed by atoms with van der Waals surface area (Å²) in [6, 6.07) is 6.03. The molecule has 0 aliphatic carbocycles. The maximum atomic E-state index is 6.37. The van der Waals surface area contributed by atoms with Gasteiger partial charge < -0.3 is 10.5 Å². The van der Waals surface area contributed by atoms with Crippen LogP contribution in [-0.2, 0) is 6.42 Å². The average molecular weight is 318 g/mol. The molecule has 6 heteroatoms. The van der Waals surface area contributed by atoms with E-state index in [4.69, 9.17) is 22.1 Å². The highest BCUT2D eigenvalue weighted by Crippen LogP contribution is 2.40. The second-order valence-corrected chi connectivity index (χ2v) is 6.29. The fourth-order valence-corrected chi connectivity index (χ4v) is 3.69. The van der Waals surface area contributed by atoms with Crippen LogP contribution in [0.15, 0.2) is 29.9 Å². The Kier molecular flexibility index (Phi) is 3.06. The van der Waals surface area contributed by atoms with Gasteiger partial charge in [-0.1, -0.05) is 11.6 Å². The number of benzene rings is 1. The van der Waals surface area contributed by atoms with Gasteiger partial charge >= 0.3 is 0 Å². The molecule has 0 saturated carbocycles. The smallest absolute Gasteiger partial charge is 0.141 e. The maximum absolute atomic E-state index is 6.37. The van der Waals surface area contributed by atoms with Crippen molar-refractivity contribution < 1.29 is 4.74 Å². The van der Waals surface area contributed by atoms with Crippen molar-refractivity contribution >= 4 is 33.2 Å². The zero-order valence-corrected chi connectivity index (χ0v) is 12.6. The Morgan fingerprint density at radius 3 is 3.14 bits per heavy atom. The molecule has 3 aromatic rings. The topological polar surface area (TPSA) is 61.0 Å². The molecule has 0 amide bonds. The Morgan fingerprint density at radius 2 is 2.29 bits per heavy atom. The molecule has 1 aliphatic rings. The predicted molar refractivity (Wildman–Crippen MR) is 85.0 cm³/mol. The van der Waals surface area contributed by atoms with E-state index in [1.807, 2.05) is 17.5 Å². The van der Waals surface area contributed by atoms with Gasteiger partial charge in [-0.25, -0.2) is 9.97 Å². The Balaban J connectivity index is 1.88. The fraction of sp³-hybridized carbons (Fsp3) is 0.200. The lowest BCUT2D eigenvalue weighted by Crippen LogP contribution is -2.24. The molecule has 4 rings (SSSR count). The number of hydrogen-bond acceptors (Lipinski definition) is 5. The summed E-state index contributed by atoms with van der Waals surface area (Å²) in [5.41, 5.74) is 8.67. The summed E-state index contributed by atoms with van der Waals surface area (Å²) in [6.07, 6.45) is 2.39. The number of hydrogen-bond donors (Lipinski definition) is 1. The second kappa shape index (κ2) is 4.94. The molecule has 1 aliphatic heterocycles. The van der Waals surface area contributed by atoms with Crippen LogP contribution in [0.5, 0.6) is 5.75 Å². The lowest BCUT2D eigenvalue weighted by atomic mass is 10.0. The number of fused-ring (bicyclic) bond motifs is 2. The molecule has 0 bridgehead atoms. The standard InChI is InChI=1S/C15H12ClN3OS/c16-12-5-8(3-9-4-10(6-17)20-14(9)12)13-11-1-2-21-15(11)19-7-18-13/h1-3,5,7,10H,4,6,17H2/t10-/m1/s1.